The van der Waals surface area contributed by atoms with Crippen LogP contribution in [0.1, 0.15) is 21.3 Å². The van der Waals surface area contributed by atoms with E-state index in [4.69, 9.17) is 0 Å². The van der Waals surface area contributed by atoms with Gasteiger partial charge in [0.1, 0.15) is 15.4 Å². The normalized spacial score (nSPS) is 12.4. The lowest BCUT2D eigenvalue weighted by Crippen LogP contribution is -2.25. The molecule has 0 aliphatic carbocycles. The van der Waals surface area contributed by atoms with Crippen molar-refractivity contribution in [2.75, 3.05) is 0 Å². The van der Waals surface area contributed by atoms with Gasteiger partial charge >= 0.3 is 6.18 Å². The minimum absolute atomic E-state index is 0.225. The van der Waals surface area contributed by atoms with E-state index >= 15 is 0 Å². The van der Waals surface area contributed by atoms with E-state index in [2.05, 4.69) is 25.0 Å². The quantitative estimate of drug-likeness (QED) is 0.453. The molecule has 0 amide bonds. The molecule has 13 heteroatoms. The zero-order valence-corrected chi connectivity index (χ0v) is 16.9. The number of H-pyrrole nitrogens is 1. The second-order valence-electron chi connectivity index (χ2n) is 6.55. The summed E-state index contributed by atoms with van der Waals surface area (Å²) in [5.41, 5.74) is 2.22. The van der Waals surface area contributed by atoms with E-state index in [0.29, 0.717) is 34.3 Å². The molecule has 0 fully saturated rings. The van der Waals surface area contributed by atoms with E-state index in [1.54, 1.807) is 24.1 Å². The number of hydrogen-bond acceptors (Lipinski definition) is 7. The summed E-state index contributed by atoms with van der Waals surface area (Å²) in [5, 5.41) is 5.56. The number of aromatic nitrogens is 7. The highest BCUT2D eigenvalue weighted by Crippen LogP contribution is 2.35. The van der Waals surface area contributed by atoms with Crippen molar-refractivity contribution in [3.63, 3.8) is 0 Å². The highest BCUT2D eigenvalue weighted by Gasteiger charge is 2.36. The molecule has 0 saturated heterocycles. The molecule has 8 nitrogen and oxygen atoms in total. The summed E-state index contributed by atoms with van der Waals surface area (Å²) in [7, 11) is 1.71. The van der Waals surface area contributed by atoms with E-state index in [9.17, 15) is 18.0 Å². The zero-order chi connectivity index (χ0) is 21.0. The first-order valence-electron chi connectivity index (χ1n) is 8.64. The number of nitrogens with one attached hydrogen (secondary N) is 1. The molecule has 0 aliphatic heterocycles. The fourth-order valence-corrected chi connectivity index (χ4v) is 5.11. The first kappa shape index (κ1) is 18.9. The Morgan fingerprint density at radius 2 is 2.10 bits per heavy atom. The van der Waals surface area contributed by atoms with Crippen molar-refractivity contribution in [2.24, 2.45) is 7.05 Å². The molecule has 0 bridgehead atoms. The number of hydrogen-bond donors (Lipinski definition) is 1. The van der Waals surface area contributed by atoms with Gasteiger partial charge < -0.3 is 9.55 Å². The van der Waals surface area contributed by atoms with Crippen LogP contribution in [0.25, 0.3) is 21.3 Å². The predicted molar refractivity (Wildman–Crippen MR) is 106 cm³/mol. The average molecular weight is 451 g/mol. The van der Waals surface area contributed by atoms with Crippen molar-refractivity contribution in [1.29, 1.82) is 0 Å². The van der Waals surface area contributed by atoms with E-state index in [-0.39, 0.29) is 12.2 Å². The molecule has 0 radical (unpaired) electrons. The van der Waals surface area contributed by atoms with Crippen molar-refractivity contribution in [2.45, 2.75) is 19.1 Å². The Labute approximate surface area is 173 Å². The fourth-order valence-electron chi connectivity index (χ4n) is 3.32. The van der Waals surface area contributed by atoms with Crippen LogP contribution in [0.3, 0.4) is 0 Å². The molecule has 5 aromatic rings. The van der Waals surface area contributed by atoms with Gasteiger partial charge in [0.05, 0.1) is 40.7 Å². The van der Waals surface area contributed by atoms with Crippen LogP contribution < -0.4 is 5.56 Å². The monoisotopic (exact) mass is 451 g/mol. The minimum Gasteiger partial charge on any atom is -0.351 e. The maximum atomic E-state index is 13.1. The van der Waals surface area contributed by atoms with Crippen molar-refractivity contribution in [3.05, 3.63) is 55.9 Å². The van der Waals surface area contributed by atoms with Crippen LogP contribution in [0.15, 0.2) is 29.0 Å². The van der Waals surface area contributed by atoms with Crippen molar-refractivity contribution in [3.8, 4) is 0 Å². The van der Waals surface area contributed by atoms with Gasteiger partial charge in [-0.05, 0) is 0 Å². The Morgan fingerprint density at radius 1 is 1.27 bits per heavy atom. The Balaban J connectivity index is 1.57. The zero-order valence-electron chi connectivity index (χ0n) is 15.3. The summed E-state index contributed by atoms with van der Waals surface area (Å²) in [5.74, 6) is 0. The SMILES string of the molecule is Cn1c2nc(Cc3c[nH]cn3)sc2c2cnn(Cc3ncsc3C(F)(F)F)c(=O)c21. The topological polar surface area (TPSA) is 94.3 Å². The summed E-state index contributed by atoms with van der Waals surface area (Å²) < 4.78 is 42.8. The number of halogens is 3. The molecule has 30 heavy (non-hydrogen) atoms. The lowest BCUT2D eigenvalue weighted by molar-refractivity contribution is -0.135. The molecule has 0 unspecified atom stereocenters. The van der Waals surface area contributed by atoms with E-state index < -0.39 is 16.6 Å². The first-order chi connectivity index (χ1) is 14.3. The molecule has 0 aromatic carbocycles. The third-order valence-corrected chi connectivity index (χ3v) is 6.65. The first-order valence-corrected chi connectivity index (χ1v) is 10.3. The lowest BCUT2D eigenvalue weighted by atomic mass is 10.3. The molecule has 0 spiro atoms. The van der Waals surface area contributed by atoms with Gasteiger partial charge in [-0.2, -0.15) is 18.3 Å². The Kier molecular flexibility index (Phi) is 4.25. The van der Waals surface area contributed by atoms with Crippen LogP contribution in [0.4, 0.5) is 13.2 Å². The number of fused-ring (bicyclic) bond motifs is 3. The third kappa shape index (κ3) is 3.01. The van der Waals surface area contributed by atoms with Gasteiger partial charge in [-0.25, -0.2) is 19.6 Å². The standard InChI is InChI=1S/C17H12F3N7OS2/c1-26-12-9(13-15(26)25-11(30-13)2-8-3-21-6-22-8)4-24-27(16(12)28)5-10-14(17(18,19)20)29-7-23-10/h3-4,6-7H,2,5H2,1H3,(H,21,22). The van der Waals surface area contributed by atoms with E-state index in [1.807, 2.05) is 0 Å². The van der Waals surface area contributed by atoms with Crippen molar-refractivity contribution < 1.29 is 13.2 Å². The summed E-state index contributed by atoms with van der Waals surface area (Å²) in [4.78, 5) is 27.6. The third-order valence-electron chi connectivity index (χ3n) is 4.66. The Morgan fingerprint density at radius 3 is 2.83 bits per heavy atom. The van der Waals surface area contributed by atoms with Crippen LogP contribution in [0, 0.1) is 0 Å². The van der Waals surface area contributed by atoms with Crippen LogP contribution >= 0.6 is 22.7 Å². The van der Waals surface area contributed by atoms with Crippen LogP contribution in [0.5, 0.6) is 0 Å². The maximum absolute atomic E-state index is 13.1. The molecule has 5 heterocycles. The van der Waals surface area contributed by atoms with E-state index in [1.165, 1.54) is 17.5 Å². The van der Waals surface area contributed by atoms with E-state index in [0.717, 1.165) is 25.6 Å². The number of aromatic amines is 1. The van der Waals surface area contributed by atoms with Crippen LogP contribution in [-0.4, -0.2) is 34.3 Å². The number of alkyl halides is 3. The molecule has 1 N–H and O–H groups in total. The van der Waals surface area contributed by atoms with Crippen molar-refractivity contribution >= 4 is 43.9 Å². The van der Waals surface area contributed by atoms with Gasteiger partial charge in [0, 0.05) is 25.1 Å². The molecule has 5 rings (SSSR count). The largest absolute Gasteiger partial charge is 0.427 e. The highest BCUT2D eigenvalue weighted by atomic mass is 32.1. The molecule has 0 saturated carbocycles. The van der Waals surface area contributed by atoms with Gasteiger partial charge in [0.15, 0.2) is 5.65 Å². The highest BCUT2D eigenvalue weighted by molar-refractivity contribution is 7.19. The smallest absolute Gasteiger partial charge is 0.351 e. The number of nitrogens with zero attached hydrogens (tertiary/aromatic N) is 6. The fraction of sp³-hybridized carbons (Fsp3) is 0.235. The van der Waals surface area contributed by atoms with Gasteiger partial charge in [0.2, 0.25) is 0 Å². The summed E-state index contributed by atoms with van der Waals surface area (Å²) in [6.45, 7) is -0.357. The lowest BCUT2D eigenvalue weighted by Gasteiger charge is -2.08. The summed E-state index contributed by atoms with van der Waals surface area (Å²) in [6, 6.07) is 0. The van der Waals surface area contributed by atoms with Gasteiger partial charge in [0.25, 0.3) is 5.56 Å². The molecular formula is C17H12F3N7OS2. The molecule has 154 valence electrons. The molecule has 0 atom stereocenters. The van der Waals surface area contributed by atoms with Gasteiger partial charge in [-0.15, -0.1) is 22.7 Å². The number of rotatable bonds is 4. The minimum atomic E-state index is -4.52. The number of aryl methyl sites for hydroxylation is 1. The summed E-state index contributed by atoms with van der Waals surface area (Å²) in [6.07, 6.45) is 0.912. The molecular weight excluding hydrogens is 439 g/mol. The van der Waals surface area contributed by atoms with Crippen LogP contribution in [-0.2, 0) is 26.2 Å². The Bertz CT molecular complexity index is 1430. The second kappa shape index (κ2) is 6.74. The summed E-state index contributed by atoms with van der Waals surface area (Å²) >= 11 is 1.93. The second-order valence-corrected chi connectivity index (χ2v) is 8.49. The molecule has 5 aromatic heterocycles. The van der Waals surface area contributed by atoms with Crippen LogP contribution in [0.2, 0.25) is 0 Å². The van der Waals surface area contributed by atoms with Gasteiger partial charge in [-0.3, -0.25) is 4.79 Å². The number of imidazole rings is 1. The van der Waals surface area contributed by atoms with Gasteiger partial charge in [-0.1, -0.05) is 0 Å². The molecule has 0 aliphatic rings. The Hall–Kier alpha value is -3.06. The maximum Gasteiger partial charge on any atom is 0.427 e. The predicted octanol–water partition coefficient (Wildman–Crippen LogP) is 3.18. The van der Waals surface area contributed by atoms with Crippen molar-refractivity contribution in [1.82, 2.24) is 34.3 Å². The number of thiazole rings is 2. The average Bonchev–Trinajstić information content (AvgIpc) is 3.45.